The molecule has 0 aromatic rings. The molecule has 2 fully saturated rings. The van der Waals surface area contributed by atoms with Gasteiger partial charge >= 0.3 is 0 Å². The Hall–Kier alpha value is 0.310. The highest BCUT2D eigenvalue weighted by Gasteiger charge is 2.25. The Morgan fingerprint density at radius 2 is 1.75 bits per heavy atom. The SMILES string of the molecule is CCC(NC1CCSCC1)C1CCCCC1. The molecular formula is C14H27NS. The quantitative estimate of drug-likeness (QED) is 0.803. The molecule has 0 aromatic carbocycles. The molecule has 1 nitrogen and oxygen atoms in total. The Morgan fingerprint density at radius 1 is 1.06 bits per heavy atom. The van der Waals surface area contributed by atoms with Crippen molar-refractivity contribution in [1.29, 1.82) is 0 Å². The summed E-state index contributed by atoms with van der Waals surface area (Å²) in [5.41, 5.74) is 0. The lowest BCUT2D eigenvalue weighted by Crippen LogP contribution is -2.44. The second kappa shape index (κ2) is 6.90. The second-order valence-corrected chi connectivity index (χ2v) is 6.69. The van der Waals surface area contributed by atoms with E-state index in [1.807, 2.05) is 0 Å². The molecule has 94 valence electrons. The largest absolute Gasteiger partial charge is 0.311 e. The fourth-order valence-electron chi connectivity index (χ4n) is 3.29. The van der Waals surface area contributed by atoms with Crippen LogP contribution in [0.5, 0.6) is 0 Å². The first-order chi connectivity index (χ1) is 7.90. The van der Waals surface area contributed by atoms with Crippen molar-refractivity contribution >= 4 is 11.8 Å². The van der Waals surface area contributed by atoms with E-state index in [4.69, 9.17) is 0 Å². The molecule has 0 bridgehead atoms. The van der Waals surface area contributed by atoms with Gasteiger partial charge in [0.05, 0.1) is 0 Å². The van der Waals surface area contributed by atoms with Crippen LogP contribution in [0.15, 0.2) is 0 Å². The first-order valence-corrected chi connectivity index (χ1v) is 8.39. The molecule has 1 heterocycles. The third kappa shape index (κ3) is 3.66. The summed E-state index contributed by atoms with van der Waals surface area (Å²) in [6.07, 6.45) is 11.5. The fourth-order valence-corrected chi connectivity index (χ4v) is 4.40. The molecule has 0 radical (unpaired) electrons. The van der Waals surface area contributed by atoms with Gasteiger partial charge in [0.15, 0.2) is 0 Å². The van der Waals surface area contributed by atoms with Crippen molar-refractivity contribution in [2.24, 2.45) is 5.92 Å². The predicted molar refractivity (Wildman–Crippen MR) is 74.1 cm³/mol. The predicted octanol–water partition coefficient (Wildman–Crippen LogP) is 3.83. The van der Waals surface area contributed by atoms with Gasteiger partial charge < -0.3 is 5.32 Å². The number of hydrogen-bond acceptors (Lipinski definition) is 2. The van der Waals surface area contributed by atoms with E-state index in [1.165, 1.54) is 62.9 Å². The first-order valence-electron chi connectivity index (χ1n) is 7.24. The van der Waals surface area contributed by atoms with Crippen LogP contribution in [0.1, 0.15) is 58.3 Å². The zero-order valence-corrected chi connectivity index (χ0v) is 11.5. The third-order valence-corrected chi connectivity index (χ3v) is 5.38. The topological polar surface area (TPSA) is 12.0 Å². The maximum absolute atomic E-state index is 3.96. The van der Waals surface area contributed by atoms with Crippen LogP contribution in [-0.2, 0) is 0 Å². The number of rotatable bonds is 4. The maximum atomic E-state index is 3.96. The van der Waals surface area contributed by atoms with E-state index in [0.717, 1.165) is 18.0 Å². The molecule has 0 spiro atoms. The zero-order chi connectivity index (χ0) is 11.2. The minimum absolute atomic E-state index is 0.813. The molecule has 1 aliphatic carbocycles. The second-order valence-electron chi connectivity index (χ2n) is 5.47. The lowest BCUT2D eigenvalue weighted by molar-refractivity contribution is 0.241. The monoisotopic (exact) mass is 241 g/mol. The molecular weight excluding hydrogens is 214 g/mol. The van der Waals surface area contributed by atoms with Crippen molar-refractivity contribution in [3.63, 3.8) is 0 Å². The van der Waals surface area contributed by atoms with Crippen LogP contribution in [0.3, 0.4) is 0 Å². The summed E-state index contributed by atoms with van der Waals surface area (Å²) in [7, 11) is 0. The van der Waals surface area contributed by atoms with Crippen molar-refractivity contribution < 1.29 is 0 Å². The summed E-state index contributed by atoms with van der Waals surface area (Å²) in [5, 5.41) is 3.96. The Bertz CT molecular complexity index is 183. The summed E-state index contributed by atoms with van der Waals surface area (Å²) < 4.78 is 0. The van der Waals surface area contributed by atoms with Crippen molar-refractivity contribution in [2.45, 2.75) is 70.4 Å². The van der Waals surface area contributed by atoms with E-state index >= 15 is 0 Å². The third-order valence-electron chi connectivity index (χ3n) is 4.33. The van der Waals surface area contributed by atoms with Crippen LogP contribution in [-0.4, -0.2) is 23.6 Å². The molecule has 16 heavy (non-hydrogen) atoms. The van der Waals surface area contributed by atoms with Gasteiger partial charge in [-0.15, -0.1) is 0 Å². The molecule has 2 heteroatoms. The zero-order valence-electron chi connectivity index (χ0n) is 10.7. The smallest absolute Gasteiger partial charge is 0.00953 e. The summed E-state index contributed by atoms with van der Waals surface area (Å²) in [4.78, 5) is 0. The lowest BCUT2D eigenvalue weighted by Gasteiger charge is -2.34. The van der Waals surface area contributed by atoms with Crippen LogP contribution >= 0.6 is 11.8 Å². The van der Waals surface area contributed by atoms with E-state index in [9.17, 15) is 0 Å². The van der Waals surface area contributed by atoms with Crippen LogP contribution in [0.2, 0.25) is 0 Å². The van der Waals surface area contributed by atoms with Gasteiger partial charge in [0.2, 0.25) is 0 Å². The average molecular weight is 241 g/mol. The minimum atomic E-state index is 0.813. The Kier molecular flexibility index (Phi) is 5.51. The fraction of sp³-hybridized carbons (Fsp3) is 1.00. The number of hydrogen-bond donors (Lipinski definition) is 1. The molecule has 2 aliphatic rings. The standard InChI is InChI=1S/C14H27NS/c1-2-14(12-6-4-3-5-7-12)15-13-8-10-16-11-9-13/h12-15H,2-11H2,1H3. The summed E-state index contributed by atoms with van der Waals surface area (Å²) >= 11 is 2.13. The maximum Gasteiger partial charge on any atom is 0.00953 e. The van der Waals surface area contributed by atoms with Gasteiger partial charge in [0, 0.05) is 12.1 Å². The number of thioether (sulfide) groups is 1. The molecule has 1 N–H and O–H groups in total. The van der Waals surface area contributed by atoms with Crippen molar-refractivity contribution in [3.05, 3.63) is 0 Å². The van der Waals surface area contributed by atoms with Crippen molar-refractivity contribution in [3.8, 4) is 0 Å². The van der Waals surface area contributed by atoms with E-state index in [0.29, 0.717) is 0 Å². The summed E-state index contributed by atoms with van der Waals surface area (Å²) in [6.45, 7) is 2.36. The van der Waals surface area contributed by atoms with Crippen LogP contribution in [0.4, 0.5) is 0 Å². The van der Waals surface area contributed by atoms with Crippen LogP contribution in [0, 0.1) is 5.92 Å². The molecule has 0 amide bonds. The Labute approximate surface area is 105 Å². The highest BCUT2D eigenvalue weighted by molar-refractivity contribution is 7.99. The first kappa shape index (κ1) is 12.8. The van der Waals surface area contributed by atoms with Gasteiger partial charge in [-0.3, -0.25) is 0 Å². The van der Waals surface area contributed by atoms with E-state index in [1.54, 1.807) is 0 Å². The molecule has 1 atom stereocenters. The minimum Gasteiger partial charge on any atom is -0.311 e. The highest BCUT2D eigenvalue weighted by atomic mass is 32.2. The van der Waals surface area contributed by atoms with Gasteiger partial charge in [-0.05, 0) is 49.5 Å². The van der Waals surface area contributed by atoms with E-state index in [-0.39, 0.29) is 0 Å². The van der Waals surface area contributed by atoms with Crippen LogP contribution in [0.25, 0.3) is 0 Å². The summed E-state index contributed by atoms with van der Waals surface area (Å²) in [5.74, 6) is 3.73. The van der Waals surface area contributed by atoms with E-state index in [2.05, 4.69) is 24.0 Å². The molecule has 0 aromatic heterocycles. The molecule has 2 rings (SSSR count). The number of nitrogens with one attached hydrogen (secondary N) is 1. The Balaban J connectivity index is 1.78. The van der Waals surface area contributed by atoms with Crippen LogP contribution < -0.4 is 5.32 Å². The van der Waals surface area contributed by atoms with Gasteiger partial charge in [0.1, 0.15) is 0 Å². The lowest BCUT2D eigenvalue weighted by atomic mass is 9.82. The van der Waals surface area contributed by atoms with Gasteiger partial charge in [0.25, 0.3) is 0 Å². The van der Waals surface area contributed by atoms with Crippen molar-refractivity contribution in [1.82, 2.24) is 5.32 Å². The summed E-state index contributed by atoms with van der Waals surface area (Å²) in [6, 6.07) is 1.64. The molecule has 1 saturated heterocycles. The van der Waals surface area contributed by atoms with Gasteiger partial charge in [-0.2, -0.15) is 11.8 Å². The molecule has 1 unspecified atom stereocenters. The van der Waals surface area contributed by atoms with E-state index < -0.39 is 0 Å². The van der Waals surface area contributed by atoms with Crippen molar-refractivity contribution in [2.75, 3.05) is 11.5 Å². The molecule has 1 aliphatic heterocycles. The average Bonchev–Trinajstić information content (AvgIpc) is 2.38. The highest BCUT2D eigenvalue weighted by Crippen LogP contribution is 2.29. The normalized spacial score (nSPS) is 26.8. The molecule has 1 saturated carbocycles. The van der Waals surface area contributed by atoms with Gasteiger partial charge in [-0.25, -0.2) is 0 Å². The Morgan fingerprint density at radius 3 is 2.38 bits per heavy atom. The van der Waals surface area contributed by atoms with Gasteiger partial charge in [-0.1, -0.05) is 26.2 Å².